The number of carbonyl (C=O) groups is 2. The molecule has 208 valence electrons. The van der Waals surface area contributed by atoms with Crippen LogP contribution in [0, 0.1) is 5.82 Å². The van der Waals surface area contributed by atoms with Gasteiger partial charge in [-0.25, -0.2) is 14.4 Å². The minimum Gasteiger partial charge on any atom is -0.486 e. The lowest BCUT2D eigenvalue weighted by Crippen LogP contribution is -2.46. The second-order valence-electron chi connectivity index (χ2n) is 9.70. The molecule has 3 heterocycles. The first-order valence-electron chi connectivity index (χ1n) is 13.0. The summed E-state index contributed by atoms with van der Waals surface area (Å²) in [6.45, 7) is 2.27. The van der Waals surface area contributed by atoms with Gasteiger partial charge in [0.1, 0.15) is 30.8 Å². The number of halogens is 2. The Morgan fingerprint density at radius 3 is 2.80 bits per heavy atom. The molecule has 1 aliphatic rings. The molecule has 2 N–H and O–H groups in total. The van der Waals surface area contributed by atoms with E-state index in [1.165, 1.54) is 6.07 Å². The van der Waals surface area contributed by atoms with Crippen molar-refractivity contribution in [3.8, 4) is 5.75 Å². The van der Waals surface area contributed by atoms with Crippen LogP contribution in [0.4, 0.5) is 4.39 Å². The number of aromatic nitrogens is 3. The van der Waals surface area contributed by atoms with Crippen molar-refractivity contribution in [1.82, 2.24) is 24.8 Å². The third-order valence-electron chi connectivity index (χ3n) is 6.99. The topological polar surface area (TPSA) is 110 Å². The normalized spacial score (nSPS) is 15.8. The van der Waals surface area contributed by atoms with E-state index < -0.39 is 18.0 Å². The maximum absolute atomic E-state index is 14.2. The molecule has 4 aromatic rings. The molecule has 1 aliphatic heterocycles. The molecule has 5 rings (SSSR count). The molecule has 1 unspecified atom stereocenters. The molecule has 9 nitrogen and oxygen atoms in total. The van der Waals surface area contributed by atoms with Crippen molar-refractivity contribution >= 4 is 34.3 Å². The van der Waals surface area contributed by atoms with Crippen molar-refractivity contribution in [3.63, 3.8) is 0 Å². The molecule has 2 aromatic carbocycles. The lowest BCUT2D eigenvalue weighted by atomic mass is 10.1. The van der Waals surface area contributed by atoms with Crippen LogP contribution < -0.4 is 10.1 Å². The first kappa shape index (κ1) is 27.5. The summed E-state index contributed by atoms with van der Waals surface area (Å²) < 4.78 is 21.9. The van der Waals surface area contributed by atoms with Crippen LogP contribution in [-0.4, -0.2) is 48.9 Å². The van der Waals surface area contributed by atoms with Crippen LogP contribution in [0.1, 0.15) is 42.8 Å². The number of ether oxygens (including phenoxy) is 1. The number of hydrogen-bond donors (Lipinski definition) is 2. The van der Waals surface area contributed by atoms with Gasteiger partial charge in [-0.2, -0.15) is 0 Å². The fraction of sp³-hybridized carbons (Fsp3) is 0.310. The molecule has 2 aromatic heterocycles. The molecular formula is C29H29ClFN5O4. The molecule has 0 bridgehead atoms. The molecule has 2 atom stereocenters. The van der Waals surface area contributed by atoms with Gasteiger partial charge in [-0.1, -0.05) is 23.7 Å². The van der Waals surface area contributed by atoms with E-state index in [2.05, 4.69) is 15.3 Å². The number of likely N-dealkylation sites (tertiary alicyclic amines) is 1. The standard InChI is InChI=1S/C29H29ClFN5O4/c1-18(37)22-15-35(24-9-8-20(13-21(22)24)40-17-26-32-10-4-11-33-26)16-27(38)36-12-3-7-25(36)29(39)34-14-19-5-2-6-23(30)28(19)31/h2,4-6,8-11,13,15,18,25,37H,3,7,12,14,16-17H2,1H3,(H,34,39)/t18?,25-/m0/s1. The SMILES string of the molecule is CC(O)c1cn(CC(=O)N2CCC[C@H]2C(=O)NCc2cccc(Cl)c2F)c2ccc(OCc3ncccn3)cc12. The largest absolute Gasteiger partial charge is 0.486 e. The molecule has 0 saturated carbocycles. The number of amides is 2. The van der Waals surface area contributed by atoms with Crippen molar-refractivity contribution in [2.75, 3.05) is 6.54 Å². The zero-order chi connectivity index (χ0) is 28.2. The van der Waals surface area contributed by atoms with Gasteiger partial charge in [-0.15, -0.1) is 0 Å². The summed E-state index contributed by atoms with van der Waals surface area (Å²) in [5.41, 5.74) is 1.69. The maximum Gasteiger partial charge on any atom is 0.243 e. The number of carbonyl (C=O) groups excluding carboxylic acids is 2. The molecule has 1 fully saturated rings. The van der Waals surface area contributed by atoms with Gasteiger partial charge in [0.15, 0.2) is 5.82 Å². The van der Waals surface area contributed by atoms with Crippen LogP contribution in [0.2, 0.25) is 5.02 Å². The van der Waals surface area contributed by atoms with Gasteiger partial charge >= 0.3 is 0 Å². The Hall–Kier alpha value is -4.02. The van der Waals surface area contributed by atoms with E-state index in [0.717, 1.165) is 10.9 Å². The predicted molar refractivity (Wildman–Crippen MR) is 147 cm³/mol. The minimum absolute atomic E-state index is 0.00597. The fourth-order valence-corrected chi connectivity index (χ4v) is 5.16. The quantitative estimate of drug-likeness (QED) is 0.315. The van der Waals surface area contributed by atoms with Gasteiger partial charge in [-0.3, -0.25) is 9.59 Å². The number of aliphatic hydroxyl groups excluding tert-OH is 1. The summed E-state index contributed by atoms with van der Waals surface area (Å²) in [5, 5.41) is 13.9. The zero-order valence-corrected chi connectivity index (χ0v) is 22.6. The van der Waals surface area contributed by atoms with E-state index in [9.17, 15) is 19.1 Å². The van der Waals surface area contributed by atoms with E-state index in [4.69, 9.17) is 16.3 Å². The number of nitrogens with one attached hydrogen (secondary N) is 1. The lowest BCUT2D eigenvalue weighted by Gasteiger charge is -2.24. The summed E-state index contributed by atoms with van der Waals surface area (Å²) >= 11 is 5.84. The Morgan fingerprint density at radius 1 is 1.23 bits per heavy atom. The highest BCUT2D eigenvalue weighted by Crippen LogP contribution is 2.31. The molecule has 2 amide bonds. The zero-order valence-electron chi connectivity index (χ0n) is 21.9. The van der Waals surface area contributed by atoms with Gasteiger partial charge < -0.3 is 24.6 Å². The molecule has 40 heavy (non-hydrogen) atoms. The van der Waals surface area contributed by atoms with E-state index in [1.54, 1.807) is 59.2 Å². The number of nitrogens with zero attached hydrogens (tertiary/aromatic N) is 4. The Morgan fingerprint density at radius 2 is 2.02 bits per heavy atom. The number of rotatable bonds is 9. The summed E-state index contributed by atoms with van der Waals surface area (Å²) in [6, 6.07) is 11.2. The molecule has 11 heteroatoms. The highest BCUT2D eigenvalue weighted by molar-refractivity contribution is 6.30. The second-order valence-corrected chi connectivity index (χ2v) is 10.1. The monoisotopic (exact) mass is 565 g/mol. The molecule has 1 saturated heterocycles. The van der Waals surface area contributed by atoms with Crippen LogP contribution in [0.3, 0.4) is 0 Å². The molecule has 0 radical (unpaired) electrons. The fourth-order valence-electron chi connectivity index (χ4n) is 4.97. The number of hydrogen-bond acceptors (Lipinski definition) is 6. The van der Waals surface area contributed by atoms with Crippen molar-refractivity contribution in [2.24, 2.45) is 0 Å². The highest BCUT2D eigenvalue weighted by Gasteiger charge is 2.34. The van der Waals surface area contributed by atoms with Crippen molar-refractivity contribution in [2.45, 2.75) is 51.6 Å². The van der Waals surface area contributed by atoms with Crippen LogP contribution in [0.25, 0.3) is 10.9 Å². The first-order chi connectivity index (χ1) is 19.3. The smallest absolute Gasteiger partial charge is 0.243 e. The third-order valence-corrected chi connectivity index (χ3v) is 7.28. The van der Waals surface area contributed by atoms with E-state index >= 15 is 0 Å². The summed E-state index contributed by atoms with van der Waals surface area (Å²) in [6.07, 6.45) is 5.48. The van der Waals surface area contributed by atoms with Gasteiger partial charge in [0.25, 0.3) is 0 Å². The first-order valence-corrected chi connectivity index (χ1v) is 13.4. The lowest BCUT2D eigenvalue weighted by molar-refractivity contribution is -0.138. The van der Waals surface area contributed by atoms with E-state index in [0.29, 0.717) is 36.5 Å². The van der Waals surface area contributed by atoms with Gasteiger partial charge in [0, 0.05) is 53.7 Å². The van der Waals surface area contributed by atoms with Crippen LogP contribution in [0.15, 0.2) is 61.1 Å². The van der Waals surface area contributed by atoms with Crippen LogP contribution >= 0.6 is 11.6 Å². The molecular weight excluding hydrogens is 537 g/mol. The van der Waals surface area contributed by atoms with Crippen molar-refractivity contribution in [3.05, 3.63) is 88.8 Å². The Kier molecular flexibility index (Phi) is 8.27. The second kappa shape index (κ2) is 12.0. The van der Waals surface area contributed by atoms with Crippen molar-refractivity contribution < 1.29 is 23.8 Å². The maximum atomic E-state index is 14.2. The van der Waals surface area contributed by atoms with Crippen LogP contribution in [0.5, 0.6) is 5.75 Å². The average molecular weight is 566 g/mol. The number of aliphatic hydroxyl groups is 1. The summed E-state index contributed by atoms with van der Waals surface area (Å²) in [7, 11) is 0. The van der Waals surface area contributed by atoms with Gasteiger partial charge in [0.2, 0.25) is 11.8 Å². The Bertz CT molecular complexity index is 1530. The molecule has 0 spiro atoms. The van der Waals surface area contributed by atoms with Crippen molar-refractivity contribution in [1.29, 1.82) is 0 Å². The summed E-state index contributed by atoms with van der Waals surface area (Å²) in [5.74, 6) is -0.000395. The highest BCUT2D eigenvalue weighted by atomic mass is 35.5. The third kappa shape index (κ3) is 5.93. The van der Waals surface area contributed by atoms with Gasteiger partial charge in [-0.05, 0) is 50.1 Å². The van der Waals surface area contributed by atoms with E-state index in [-0.39, 0.29) is 42.1 Å². The molecule has 0 aliphatic carbocycles. The summed E-state index contributed by atoms with van der Waals surface area (Å²) in [4.78, 5) is 36.2. The van der Waals surface area contributed by atoms with E-state index in [1.807, 2.05) is 12.1 Å². The van der Waals surface area contributed by atoms with Crippen LogP contribution in [-0.2, 0) is 29.3 Å². The Balaban J connectivity index is 1.29. The Labute approximate surface area is 235 Å². The minimum atomic E-state index is -0.774. The average Bonchev–Trinajstić information content (AvgIpc) is 3.59. The predicted octanol–water partition coefficient (Wildman–Crippen LogP) is 4.16. The van der Waals surface area contributed by atoms with Gasteiger partial charge in [0.05, 0.1) is 11.1 Å². The number of benzene rings is 2. The number of fused-ring (bicyclic) bond motifs is 1.